The van der Waals surface area contributed by atoms with Crippen molar-refractivity contribution in [3.8, 4) is 5.75 Å². The Labute approximate surface area is 153 Å². The highest BCUT2D eigenvalue weighted by molar-refractivity contribution is 6.30. The molecule has 132 valence electrons. The van der Waals surface area contributed by atoms with E-state index >= 15 is 0 Å². The summed E-state index contributed by atoms with van der Waals surface area (Å²) in [6, 6.07) is 15.3. The van der Waals surface area contributed by atoms with Crippen LogP contribution in [0, 0.1) is 0 Å². The van der Waals surface area contributed by atoms with Crippen LogP contribution in [-0.2, 0) is 21.5 Å². The maximum Gasteiger partial charge on any atom is 0.231 e. The maximum absolute atomic E-state index is 13.1. The molecule has 0 radical (unpaired) electrons. The van der Waals surface area contributed by atoms with Gasteiger partial charge in [-0.2, -0.15) is 0 Å². The molecule has 1 saturated heterocycles. The first kappa shape index (κ1) is 17.8. The summed E-state index contributed by atoms with van der Waals surface area (Å²) in [5.41, 5.74) is 1.42. The van der Waals surface area contributed by atoms with Gasteiger partial charge < -0.3 is 14.8 Å². The second-order valence-electron chi connectivity index (χ2n) is 6.24. The van der Waals surface area contributed by atoms with Crippen LogP contribution in [0.25, 0.3) is 0 Å². The third-order valence-corrected chi connectivity index (χ3v) is 5.00. The Morgan fingerprint density at radius 2 is 1.92 bits per heavy atom. The molecule has 1 fully saturated rings. The maximum atomic E-state index is 13.1. The summed E-state index contributed by atoms with van der Waals surface area (Å²) in [4.78, 5) is 13.1. The smallest absolute Gasteiger partial charge is 0.231 e. The number of rotatable bonds is 5. The first-order chi connectivity index (χ1) is 12.1. The van der Waals surface area contributed by atoms with Crippen molar-refractivity contribution in [3.63, 3.8) is 0 Å². The highest BCUT2D eigenvalue weighted by Gasteiger charge is 2.41. The Morgan fingerprint density at radius 1 is 1.20 bits per heavy atom. The third kappa shape index (κ3) is 3.97. The molecule has 25 heavy (non-hydrogen) atoms. The molecule has 0 aliphatic carbocycles. The van der Waals surface area contributed by atoms with E-state index in [4.69, 9.17) is 21.1 Å². The van der Waals surface area contributed by atoms with E-state index in [1.54, 1.807) is 7.11 Å². The highest BCUT2D eigenvalue weighted by atomic mass is 35.5. The second-order valence-corrected chi connectivity index (χ2v) is 6.67. The summed E-state index contributed by atoms with van der Waals surface area (Å²) in [5.74, 6) is 0.811. The summed E-state index contributed by atoms with van der Waals surface area (Å²) in [7, 11) is 1.64. The fourth-order valence-electron chi connectivity index (χ4n) is 3.28. The summed E-state index contributed by atoms with van der Waals surface area (Å²) in [5, 5.41) is 3.75. The fraction of sp³-hybridized carbons (Fsp3) is 0.350. The van der Waals surface area contributed by atoms with Crippen LogP contribution in [0.5, 0.6) is 5.75 Å². The Kier molecular flexibility index (Phi) is 5.61. The summed E-state index contributed by atoms with van der Waals surface area (Å²) < 4.78 is 10.7. The van der Waals surface area contributed by atoms with Crippen molar-refractivity contribution < 1.29 is 14.3 Å². The van der Waals surface area contributed by atoms with E-state index in [2.05, 4.69) is 5.32 Å². The lowest BCUT2D eigenvalue weighted by atomic mass is 9.73. The van der Waals surface area contributed by atoms with E-state index in [-0.39, 0.29) is 5.91 Å². The fourth-order valence-corrected chi connectivity index (χ4v) is 3.49. The van der Waals surface area contributed by atoms with Crippen LogP contribution in [0.1, 0.15) is 24.0 Å². The second kappa shape index (κ2) is 7.89. The van der Waals surface area contributed by atoms with E-state index in [9.17, 15) is 4.79 Å². The molecule has 3 rings (SSSR count). The van der Waals surface area contributed by atoms with Gasteiger partial charge in [0.2, 0.25) is 5.91 Å². The Balaban J connectivity index is 1.80. The number of amides is 1. The first-order valence-corrected chi connectivity index (χ1v) is 8.77. The van der Waals surface area contributed by atoms with Gasteiger partial charge in [0.15, 0.2) is 0 Å². The van der Waals surface area contributed by atoms with Crippen molar-refractivity contribution in [2.75, 3.05) is 20.3 Å². The van der Waals surface area contributed by atoms with Crippen LogP contribution in [0.4, 0.5) is 0 Å². The van der Waals surface area contributed by atoms with Gasteiger partial charge in [-0.15, -0.1) is 0 Å². The largest absolute Gasteiger partial charge is 0.497 e. The molecule has 0 atom stereocenters. The number of halogens is 1. The van der Waals surface area contributed by atoms with Crippen molar-refractivity contribution in [1.82, 2.24) is 5.32 Å². The van der Waals surface area contributed by atoms with Crippen molar-refractivity contribution in [1.29, 1.82) is 0 Å². The lowest BCUT2D eigenvalue weighted by Crippen LogP contribution is -2.47. The van der Waals surface area contributed by atoms with Crippen LogP contribution in [-0.4, -0.2) is 26.2 Å². The van der Waals surface area contributed by atoms with Gasteiger partial charge in [0.25, 0.3) is 0 Å². The lowest BCUT2D eigenvalue weighted by Gasteiger charge is -2.36. The summed E-state index contributed by atoms with van der Waals surface area (Å²) in [6.07, 6.45) is 1.33. The standard InChI is InChI=1S/C20H22ClNO3/c1-24-18-7-5-16(6-8-18)20(9-11-25-12-10-20)19(23)22-14-15-3-2-4-17(21)13-15/h2-8,13H,9-12,14H2,1H3,(H,22,23). The predicted octanol–water partition coefficient (Wildman–Crippen LogP) is 3.71. The highest BCUT2D eigenvalue weighted by Crippen LogP contribution is 2.36. The van der Waals surface area contributed by atoms with Gasteiger partial charge in [-0.1, -0.05) is 35.9 Å². The van der Waals surface area contributed by atoms with E-state index in [1.165, 1.54) is 0 Å². The Bertz CT molecular complexity index is 724. The molecule has 0 saturated carbocycles. The zero-order valence-electron chi connectivity index (χ0n) is 14.3. The van der Waals surface area contributed by atoms with Crippen LogP contribution in [0.15, 0.2) is 48.5 Å². The predicted molar refractivity (Wildman–Crippen MR) is 98.0 cm³/mol. The molecule has 0 spiro atoms. The quantitative estimate of drug-likeness (QED) is 0.885. The van der Waals surface area contributed by atoms with Gasteiger partial charge in [0.1, 0.15) is 5.75 Å². The number of carbonyl (C=O) groups is 1. The van der Waals surface area contributed by atoms with E-state index in [1.807, 2.05) is 48.5 Å². The van der Waals surface area contributed by atoms with Gasteiger partial charge in [-0.25, -0.2) is 0 Å². The minimum absolute atomic E-state index is 0.0287. The van der Waals surface area contributed by atoms with Gasteiger partial charge in [0.05, 0.1) is 12.5 Å². The van der Waals surface area contributed by atoms with E-state index < -0.39 is 5.41 Å². The molecule has 1 heterocycles. The van der Waals surface area contributed by atoms with Crippen LogP contribution in [0.3, 0.4) is 0 Å². The zero-order chi connectivity index (χ0) is 17.7. The normalized spacial score (nSPS) is 16.2. The van der Waals surface area contributed by atoms with E-state index in [0.29, 0.717) is 37.6 Å². The van der Waals surface area contributed by atoms with Crippen molar-refractivity contribution in [2.45, 2.75) is 24.8 Å². The minimum Gasteiger partial charge on any atom is -0.497 e. The first-order valence-electron chi connectivity index (χ1n) is 8.39. The number of benzene rings is 2. The van der Waals surface area contributed by atoms with Gasteiger partial charge in [0, 0.05) is 24.8 Å². The molecule has 1 aliphatic heterocycles. The average molecular weight is 360 g/mol. The topological polar surface area (TPSA) is 47.6 Å². The number of nitrogens with one attached hydrogen (secondary N) is 1. The average Bonchev–Trinajstić information content (AvgIpc) is 2.67. The summed E-state index contributed by atoms with van der Waals surface area (Å²) in [6.45, 7) is 1.62. The molecule has 1 amide bonds. The van der Waals surface area contributed by atoms with E-state index in [0.717, 1.165) is 16.9 Å². The van der Waals surface area contributed by atoms with Crippen molar-refractivity contribution >= 4 is 17.5 Å². The Hall–Kier alpha value is -2.04. The van der Waals surface area contributed by atoms with Crippen LogP contribution < -0.4 is 10.1 Å². The van der Waals surface area contributed by atoms with Crippen LogP contribution in [0.2, 0.25) is 5.02 Å². The zero-order valence-corrected chi connectivity index (χ0v) is 15.0. The Morgan fingerprint density at radius 3 is 2.56 bits per heavy atom. The molecule has 1 N–H and O–H groups in total. The van der Waals surface area contributed by atoms with Gasteiger partial charge >= 0.3 is 0 Å². The number of carbonyl (C=O) groups excluding carboxylic acids is 1. The minimum atomic E-state index is -0.566. The number of hydrogen-bond donors (Lipinski definition) is 1. The number of methoxy groups -OCH3 is 1. The molecule has 0 aromatic heterocycles. The number of hydrogen-bond acceptors (Lipinski definition) is 3. The molecule has 2 aromatic rings. The molecule has 0 bridgehead atoms. The lowest BCUT2D eigenvalue weighted by molar-refractivity contribution is -0.130. The van der Waals surface area contributed by atoms with Gasteiger partial charge in [-0.05, 0) is 48.2 Å². The molecule has 4 nitrogen and oxygen atoms in total. The summed E-state index contributed by atoms with van der Waals surface area (Å²) >= 11 is 6.02. The molecule has 1 aliphatic rings. The monoisotopic (exact) mass is 359 g/mol. The number of ether oxygens (including phenoxy) is 2. The molecule has 5 heteroatoms. The molecular weight excluding hydrogens is 338 g/mol. The molecule has 2 aromatic carbocycles. The van der Waals surface area contributed by atoms with Crippen LogP contribution >= 0.6 is 11.6 Å². The SMILES string of the molecule is COc1ccc(C2(C(=O)NCc3cccc(Cl)c3)CCOCC2)cc1. The van der Waals surface area contributed by atoms with Crippen molar-refractivity contribution in [2.24, 2.45) is 0 Å². The van der Waals surface area contributed by atoms with Gasteiger partial charge in [-0.3, -0.25) is 4.79 Å². The third-order valence-electron chi connectivity index (χ3n) is 4.77. The van der Waals surface area contributed by atoms with Crippen molar-refractivity contribution in [3.05, 3.63) is 64.7 Å². The molecule has 0 unspecified atom stereocenters. The molecular formula is C20H22ClNO3.